The van der Waals surface area contributed by atoms with Crippen molar-refractivity contribution in [2.75, 3.05) is 35.1 Å². The lowest BCUT2D eigenvalue weighted by Gasteiger charge is -2.49. The number of quaternary nitrogens is 1. The molecule has 0 radical (unpaired) electrons. The molecule has 5 heterocycles. The Kier molecular flexibility index (Phi) is 5.51. The van der Waals surface area contributed by atoms with Gasteiger partial charge in [0.25, 0.3) is 0 Å². The van der Waals surface area contributed by atoms with E-state index in [1.165, 1.54) is 33.7 Å². The first kappa shape index (κ1) is 27.0. The van der Waals surface area contributed by atoms with Gasteiger partial charge in [-0.3, -0.25) is 4.99 Å². The standard InChI is InChI=1S/C26H22F5N6O4S/c1-42(39,40)36-19-3-2-4-20(41-23(27)28)21(19)37-10-15-7-14(5-6-17(15)34-18(11-37)22(36)37)16-8-32-24(33-9-16)35-12-25(38,13-35)26(29,30)31/h2-10,18,22-23,38H,11-13H2,1H3/q+1/t18-,22?,37+/m1/s1. The maximum atomic E-state index is 13.4. The van der Waals surface area contributed by atoms with Gasteiger partial charge in [-0.1, -0.05) is 12.1 Å². The monoisotopic (exact) mass is 609 g/mol. The third kappa shape index (κ3) is 3.81. The van der Waals surface area contributed by atoms with E-state index in [-0.39, 0.29) is 21.9 Å². The van der Waals surface area contributed by atoms with Gasteiger partial charge in [0, 0.05) is 18.0 Å². The summed E-state index contributed by atoms with van der Waals surface area (Å²) in [4.78, 5) is 14.4. The van der Waals surface area contributed by atoms with Gasteiger partial charge < -0.3 is 14.7 Å². The molecule has 220 valence electrons. The predicted molar refractivity (Wildman–Crippen MR) is 141 cm³/mol. The van der Waals surface area contributed by atoms with E-state index in [4.69, 9.17) is 9.73 Å². The van der Waals surface area contributed by atoms with Crippen LogP contribution in [-0.2, 0) is 10.0 Å². The Bertz CT molecular complexity index is 1850. The quantitative estimate of drug-likeness (QED) is 0.347. The molecule has 0 saturated carbocycles. The van der Waals surface area contributed by atoms with Crippen LogP contribution in [0.25, 0.3) is 17.3 Å². The molecule has 16 heteroatoms. The second-order valence-corrected chi connectivity index (χ2v) is 12.7. The highest BCUT2D eigenvalue weighted by Crippen LogP contribution is 2.58. The van der Waals surface area contributed by atoms with Crippen molar-refractivity contribution >= 4 is 33.5 Å². The summed E-state index contributed by atoms with van der Waals surface area (Å²) >= 11 is 0. The molecule has 1 N–H and O–H groups in total. The molecule has 2 aromatic carbocycles. The number of rotatable bonds is 5. The Morgan fingerprint density at radius 2 is 1.83 bits per heavy atom. The van der Waals surface area contributed by atoms with Crippen molar-refractivity contribution in [2.24, 2.45) is 4.99 Å². The number of fused-ring (bicyclic) bond motifs is 4. The van der Waals surface area contributed by atoms with E-state index in [0.29, 0.717) is 33.9 Å². The molecule has 2 saturated heterocycles. The van der Waals surface area contributed by atoms with Gasteiger partial charge in [-0.25, -0.2) is 27.2 Å². The Morgan fingerprint density at radius 1 is 1.12 bits per heavy atom. The molecule has 3 atom stereocenters. The molecule has 2 fully saturated rings. The van der Waals surface area contributed by atoms with Gasteiger partial charge in [0.2, 0.25) is 27.8 Å². The summed E-state index contributed by atoms with van der Waals surface area (Å²) in [6, 6.07) is 9.25. The van der Waals surface area contributed by atoms with Crippen LogP contribution in [0.2, 0.25) is 0 Å². The molecule has 0 amide bonds. The molecular formula is C26H22F5N6O4S+. The van der Waals surface area contributed by atoms with Crippen LogP contribution in [-0.4, -0.2) is 80.0 Å². The summed E-state index contributed by atoms with van der Waals surface area (Å²) < 4.78 is 97.5. The number of aromatic nitrogens is 2. The molecule has 42 heavy (non-hydrogen) atoms. The fraction of sp³-hybridized carbons (Fsp3) is 0.346. The van der Waals surface area contributed by atoms with Crippen LogP contribution in [0.3, 0.4) is 0 Å². The molecule has 4 aliphatic heterocycles. The molecule has 1 unspecified atom stereocenters. The Morgan fingerprint density at radius 3 is 2.48 bits per heavy atom. The lowest BCUT2D eigenvalue weighted by atomic mass is 9.94. The van der Waals surface area contributed by atoms with Crippen LogP contribution in [0.1, 0.15) is 0 Å². The van der Waals surface area contributed by atoms with Crippen molar-refractivity contribution in [1.29, 1.82) is 0 Å². The van der Waals surface area contributed by atoms with Crippen molar-refractivity contribution in [2.45, 2.75) is 30.6 Å². The zero-order chi connectivity index (χ0) is 29.8. The van der Waals surface area contributed by atoms with Gasteiger partial charge in [-0.2, -0.15) is 22.0 Å². The number of anilines is 2. The first-order valence-electron chi connectivity index (χ1n) is 12.7. The van der Waals surface area contributed by atoms with E-state index in [2.05, 4.69) is 9.97 Å². The maximum Gasteiger partial charge on any atom is 0.420 e. The number of halogens is 5. The van der Waals surface area contributed by atoms with Crippen LogP contribution in [0.15, 0.2) is 53.8 Å². The average Bonchev–Trinajstić information content (AvgIpc) is 2.98. The molecule has 3 aromatic rings. The van der Waals surface area contributed by atoms with Gasteiger partial charge in [0.15, 0.2) is 17.4 Å². The van der Waals surface area contributed by atoms with Crippen molar-refractivity contribution in [1.82, 2.24) is 14.5 Å². The Balaban J connectivity index is 1.28. The van der Waals surface area contributed by atoms with Gasteiger partial charge in [0.1, 0.15) is 18.4 Å². The number of para-hydroxylation sites is 1. The summed E-state index contributed by atoms with van der Waals surface area (Å²) in [5, 5.41) is 10.9. The summed E-state index contributed by atoms with van der Waals surface area (Å²) in [6.45, 7) is -4.13. The number of hydrogen-bond acceptors (Lipinski definition) is 8. The third-order valence-corrected chi connectivity index (χ3v) is 9.27. The average molecular weight is 610 g/mol. The van der Waals surface area contributed by atoms with Crippen LogP contribution < -0.4 is 29.0 Å². The molecule has 1 aromatic heterocycles. The highest BCUT2D eigenvalue weighted by Gasteiger charge is 2.68. The van der Waals surface area contributed by atoms with Gasteiger partial charge in [0.05, 0.1) is 29.9 Å². The van der Waals surface area contributed by atoms with Gasteiger partial charge >= 0.3 is 12.8 Å². The van der Waals surface area contributed by atoms with Crippen LogP contribution in [0.5, 0.6) is 5.75 Å². The minimum absolute atomic E-state index is 0.0400. The van der Waals surface area contributed by atoms with Crippen molar-refractivity contribution < 1.29 is 40.2 Å². The number of ether oxygens (including phenoxy) is 1. The highest BCUT2D eigenvalue weighted by molar-refractivity contribution is 7.92. The molecular weight excluding hydrogens is 587 g/mol. The van der Waals surface area contributed by atoms with Crippen LogP contribution in [0, 0.1) is 0 Å². The van der Waals surface area contributed by atoms with E-state index in [1.807, 2.05) is 0 Å². The van der Waals surface area contributed by atoms with E-state index in [9.17, 15) is 35.5 Å². The van der Waals surface area contributed by atoms with Gasteiger partial charge in [-0.05, 0) is 29.8 Å². The normalized spacial score (nSPS) is 25.2. The summed E-state index contributed by atoms with van der Waals surface area (Å²) in [6.07, 6.45) is 0.278. The smallest absolute Gasteiger partial charge is 0.420 e. The Hall–Kier alpha value is -3.89. The second-order valence-electron chi connectivity index (χ2n) is 10.8. The lowest BCUT2D eigenvalue weighted by molar-refractivity contribution is -0.267. The molecule has 10 nitrogen and oxygen atoms in total. The largest absolute Gasteiger partial charge is 0.428 e. The lowest BCUT2D eigenvalue weighted by Crippen LogP contribution is -2.74. The first-order chi connectivity index (χ1) is 19.7. The van der Waals surface area contributed by atoms with Crippen molar-refractivity contribution in [3.63, 3.8) is 0 Å². The predicted octanol–water partition coefficient (Wildman–Crippen LogP) is 1.73. The number of hydrogen-bond donors (Lipinski definition) is 1. The molecule has 1 spiro atoms. The minimum Gasteiger partial charge on any atom is -0.428 e. The number of alkyl halides is 5. The third-order valence-electron chi connectivity index (χ3n) is 8.14. The fourth-order valence-electron chi connectivity index (χ4n) is 6.29. The van der Waals surface area contributed by atoms with Gasteiger partial charge in [-0.15, -0.1) is 0 Å². The summed E-state index contributed by atoms with van der Waals surface area (Å²) in [5.74, 6) is -0.0847. The summed E-state index contributed by atoms with van der Waals surface area (Å²) in [7, 11) is -3.82. The van der Waals surface area contributed by atoms with Crippen molar-refractivity contribution in [3.8, 4) is 16.9 Å². The highest BCUT2D eigenvalue weighted by atomic mass is 32.2. The number of sulfonamides is 1. The number of β-amino-alcohol motifs (C(OH)–C–C–N with tert-alkyl or cyclic N) is 1. The van der Waals surface area contributed by atoms with Crippen LogP contribution >= 0.6 is 0 Å². The van der Waals surface area contributed by atoms with Crippen LogP contribution in [0.4, 0.5) is 39.3 Å². The van der Waals surface area contributed by atoms with E-state index in [0.717, 1.165) is 6.26 Å². The fourth-order valence-corrected chi connectivity index (χ4v) is 7.49. The zero-order valence-corrected chi connectivity index (χ0v) is 22.5. The summed E-state index contributed by atoms with van der Waals surface area (Å²) in [5.41, 5.74) is -1.05. The van der Waals surface area contributed by atoms with E-state index in [1.54, 1.807) is 30.5 Å². The Labute approximate surface area is 235 Å². The topological polar surface area (TPSA) is 108 Å². The number of nitrogens with zero attached hydrogens (tertiary/aromatic N) is 6. The first-order valence-corrected chi connectivity index (χ1v) is 14.6. The molecule has 7 rings (SSSR count). The van der Waals surface area contributed by atoms with Crippen molar-refractivity contribution in [3.05, 3.63) is 59.4 Å². The van der Waals surface area contributed by atoms with E-state index < -0.39 is 53.7 Å². The number of aliphatic hydroxyl groups is 1. The second kappa shape index (κ2) is 8.58. The zero-order valence-electron chi connectivity index (χ0n) is 21.7. The molecule has 0 aliphatic carbocycles. The SMILES string of the molecule is CS(=O)(=O)N1c2cccc(OC(F)F)c2[N@+]23C=c4cc(-c5cnc(N6CC(O)(C(F)(F)F)C6)nc5)ccc4=N[C@H](C2)C13. The maximum absolute atomic E-state index is 13.4. The molecule has 4 aliphatic rings. The molecule has 2 bridgehead atoms. The minimum atomic E-state index is -4.76. The van der Waals surface area contributed by atoms with E-state index >= 15 is 0 Å². The number of benzene rings is 2.